The molecule has 0 aliphatic carbocycles. The summed E-state index contributed by atoms with van der Waals surface area (Å²) in [5.74, 6) is -0.0857. The van der Waals surface area contributed by atoms with Crippen molar-refractivity contribution in [2.75, 3.05) is 20.1 Å². The summed E-state index contributed by atoms with van der Waals surface area (Å²) in [4.78, 5) is 2.23. The molecule has 78 valence electrons. The van der Waals surface area contributed by atoms with Crippen LogP contribution < -0.4 is 0 Å². The van der Waals surface area contributed by atoms with Crippen LogP contribution in [0.1, 0.15) is 18.9 Å². The Morgan fingerprint density at radius 3 is 2.57 bits per heavy atom. The van der Waals surface area contributed by atoms with E-state index in [-0.39, 0.29) is 5.82 Å². The van der Waals surface area contributed by atoms with E-state index < -0.39 is 0 Å². The minimum absolute atomic E-state index is 0.0857. The zero-order valence-corrected chi connectivity index (χ0v) is 8.96. The second kappa shape index (κ2) is 5.76. The van der Waals surface area contributed by atoms with Gasteiger partial charge >= 0.3 is 0 Å². The average molecular weight is 195 g/mol. The SMILES string of the molecule is CCCN(C)CCc1ccccc1F. The van der Waals surface area contributed by atoms with E-state index in [1.807, 2.05) is 12.1 Å². The van der Waals surface area contributed by atoms with Gasteiger partial charge in [-0.15, -0.1) is 0 Å². The van der Waals surface area contributed by atoms with Crippen LogP contribution in [0, 0.1) is 5.82 Å². The lowest BCUT2D eigenvalue weighted by Gasteiger charge is -2.15. The molecule has 0 aromatic heterocycles. The third-order valence-corrected chi connectivity index (χ3v) is 2.33. The number of hydrogen-bond donors (Lipinski definition) is 0. The van der Waals surface area contributed by atoms with Crippen LogP contribution in [0.4, 0.5) is 4.39 Å². The highest BCUT2D eigenvalue weighted by Gasteiger charge is 2.02. The van der Waals surface area contributed by atoms with Crippen molar-refractivity contribution in [3.8, 4) is 0 Å². The summed E-state index contributed by atoms with van der Waals surface area (Å²) in [5, 5.41) is 0. The lowest BCUT2D eigenvalue weighted by Crippen LogP contribution is -2.22. The van der Waals surface area contributed by atoms with E-state index >= 15 is 0 Å². The maximum absolute atomic E-state index is 13.2. The highest BCUT2D eigenvalue weighted by molar-refractivity contribution is 5.17. The molecule has 0 saturated heterocycles. The molecule has 2 heteroatoms. The van der Waals surface area contributed by atoms with E-state index in [1.54, 1.807) is 6.07 Å². The van der Waals surface area contributed by atoms with E-state index in [4.69, 9.17) is 0 Å². The van der Waals surface area contributed by atoms with Crippen LogP contribution in [-0.4, -0.2) is 25.0 Å². The molecular formula is C12H18FN. The van der Waals surface area contributed by atoms with Crippen molar-refractivity contribution in [2.45, 2.75) is 19.8 Å². The fourth-order valence-electron chi connectivity index (χ4n) is 1.51. The maximum atomic E-state index is 13.2. The van der Waals surface area contributed by atoms with Crippen molar-refractivity contribution in [3.05, 3.63) is 35.6 Å². The lowest BCUT2D eigenvalue weighted by molar-refractivity contribution is 0.337. The smallest absolute Gasteiger partial charge is 0.126 e. The Morgan fingerprint density at radius 1 is 1.21 bits per heavy atom. The van der Waals surface area contributed by atoms with Crippen LogP contribution >= 0.6 is 0 Å². The van der Waals surface area contributed by atoms with E-state index in [1.165, 1.54) is 6.07 Å². The van der Waals surface area contributed by atoms with Crippen LogP contribution in [0.2, 0.25) is 0 Å². The molecule has 0 aliphatic heterocycles. The minimum Gasteiger partial charge on any atom is -0.306 e. The standard InChI is InChI=1S/C12H18FN/c1-3-9-14(2)10-8-11-6-4-5-7-12(11)13/h4-7H,3,8-10H2,1-2H3. The van der Waals surface area contributed by atoms with Gasteiger partial charge in [0.05, 0.1) is 0 Å². The van der Waals surface area contributed by atoms with Gasteiger partial charge in [0.1, 0.15) is 5.82 Å². The van der Waals surface area contributed by atoms with E-state index in [9.17, 15) is 4.39 Å². The van der Waals surface area contributed by atoms with Crippen molar-refractivity contribution in [3.63, 3.8) is 0 Å². The normalized spacial score (nSPS) is 10.9. The number of nitrogens with zero attached hydrogens (tertiary/aromatic N) is 1. The Morgan fingerprint density at radius 2 is 1.93 bits per heavy atom. The van der Waals surface area contributed by atoms with Gasteiger partial charge in [-0.05, 0) is 38.1 Å². The van der Waals surface area contributed by atoms with Crippen molar-refractivity contribution >= 4 is 0 Å². The Bertz CT molecular complexity index is 273. The molecule has 0 spiro atoms. The molecule has 0 bridgehead atoms. The van der Waals surface area contributed by atoms with Crippen molar-refractivity contribution in [1.82, 2.24) is 4.90 Å². The number of likely N-dealkylation sites (N-methyl/N-ethyl adjacent to an activating group) is 1. The third kappa shape index (κ3) is 3.46. The van der Waals surface area contributed by atoms with Crippen LogP contribution in [0.15, 0.2) is 24.3 Å². The molecule has 1 nitrogen and oxygen atoms in total. The molecule has 0 N–H and O–H groups in total. The maximum Gasteiger partial charge on any atom is 0.126 e. The first-order valence-corrected chi connectivity index (χ1v) is 5.16. The summed E-state index contributed by atoms with van der Waals surface area (Å²) < 4.78 is 13.2. The Hall–Kier alpha value is -0.890. The molecule has 1 aromatic carbocycles. The molecule has 1 aromatic rings. The van der Waals surface area contributed by atoms with Gasteiger partial charge in [0, 0.05) is 6.54 Å². The Kier molecular flexibility index (Phi) is 4.60. The van der Waals surface area contributed by atoms with Crippen LogP contribution in [0.3, 0.4) is 0 Å². The van der Waals surface area contributed by atoms with Gasteiger partial charge in [0.15, 0.2) is 0 Å². The minimum atomic E-state index is -0.0857. The van der Waals surface area contributed by atoms with Gasteiger partial charge in [0.2, 0.25) is 0 Å². The second-order valence-corrected chi connectivity index (χ2v) is 3.64. The topological polar surface area (TPSA) is 3.24 Å². The predicted octanol–water partition coefficient (Wildman–Crippen LogP) is 2.71. The molecule has 0 atom stereocenters. The first kappa shape index (κ1) is 11.2. The van der Waals surface area contributed by atoms with Gasteiger partial charge in [0.25, 0.3) is 0 Å². The number of hydrogen-bond acceptors (Lipinski definition) is 1. The van der Waals surface area contributed by atoms with Crippen LogP contribution in [0.25, 0.3) is 0 Å². The summed E-state index contributed by atoms with van der Waals surface area (Å²) in [6.45, 7) is 4.16. The highest BCUT2D eigenvalue weighted by Crippen LogP contribution is 2.07. The molecule has 0 heterocycles. The van der Waals surface area contributed by atoms with Crippen molar-refractivity contribution in [1.29, 1.82) is 0 Å². The molecule has 14 heavy (non-hydrogen) atoms. The van der Waals surface area contributed by atoms with Crippen LogP contribution in [-0.2, 0) is 6.42 Å². The summed E-state index contributed by atoms with van der Waals surface area (Å²) in [5.41, 5.74) is 0.815. The quantitative estimate of drug-likeness (QED) is 0.698. The van der Waals surface area contributed by atoms with Gasteiger partial charge < -0.3 is 4.90 Å². The van der Waals surface area contributed by atoms with E-state index in [0.29, 0.717) is 0 Å². The summed E-state index contributed by atoms with van der Waals surface area (Å²) in [6, 6.07) is 7.00. The number of halogens is 1. The fourth-order valence-corrected chi connectivity index (χ4v) is 1.51. The molecule has 0 unspecified atom stereocenters. The molecule has 1 rings (SSSR count). The van der Waals surface area contributed by atoms with Crippen molar-refractivity contribution in [2.24, 2.45) is 0 Å². The van der Waals surface area contributed by atoms with Gasteiger partial charge in [-0.1, -0.05) is 25.1 Å². The van der Waals surface area contributed by atoms with Crippen LogP contribution in [0.5, 0.6) is 0 Å². The van der Waals surface area contributed by atoms with Crippen molar-refractivity contribution < 1.29 is 4.39 Å². The molecule has 0 radical (unpaired) electrons. The lowest BCUT2D eigenvalue weighted by atomic mass is 10.1. The zero-order valence-electron chi connectivity index (χ0n) is 8.96. The highest BCUT2D eigenvalue weighted by atomic mass is 19.1. The molecule has 0 saturated carbocycles. The second-order valence-electron chi connectivity index (χ2n) is 3.64. The Labute approximate surface area is 85.5 Å². The average Bonchev–Trinajstić information content (AvgIpc) is 2.17. The zero-order chi connectivity index (χ0) is 10.4. The van der Waals surface area contributed by atoms with E-state index in [2.05, 4.69) is 18.9 Å². The molecule has 0 amide bonds. The monoisotopic (exact) mass is 195 g/mol. The molecular weight excluding hydrogens is 177 g/mol. The van der Waals surface area contributed by atoms with Gasteiger partial charge in [-0.3, -0.25) is 0 Å². The first-order valence-electron chi connectivity index (χ1n) is 5.16. The summed E-state index contributed by atoms with van der Waals surface area (Å²) in [7, 11) is 2.07. The molecule has 0 aliphatic rings. The van der Waals surface area contributed by atoms with E-state index in [0.717, 1.165) is 31.5 Å². The largest absolute Gasteiger partial charge is 0.306 e. The third-order valence-electron chi connectivity index (χ3n) is 2.33. The van der Waals surface area contributed by atoms with Gasteiger partial charge in [-0.25, -0.2) is 4.39 Å². The Balaban J connectivity index is 2.41. The number of benzene rings is 1. The predicted molar refractivity (Wildman–Crippen MR) is 57.9 cm³/mol. The summed E-state index contributed by atoms with van der Waals surface area (Å²) in [6.07, 6.45) is 1.94. The molecule has 0 fully saturated rings. The number of rotatable bonds is 5. The summed E-state index contributed by atoms with van der Waals surface area (Å²) >= 11 is 0. The van der Waals surface area contributed by atoms with Gasteiger partial charge in [-0.2, -0.15) is 0 Å². The fraction of sp³-hybridized carbons (Fsp3) is 0.500. The first-order chi connectivity index (χ1) is 6.74.